The molecule has 0 aromatic rings. The molecule has 0 aliphatic carbocycles. The Labute approximate surface area is 80.1 Å². The smallest absolute Gasteiger partial charge is 0.475 e. The molecule has 6 heteroatoms. The number of rotatable bonds is 5. The number of aliphatic hydroxyl groups excluding tert-OH is 1. The molecule has 0 atom stereocenters. The predicted molar refractivity (Wildman–Crippen MR) is 46.1 cm³/mol. The minimum Gasteiger partial charge on any atom is -0.475 e. The van der Waals surface area contributed by atoms with Crippen LogP contribution in [0.4, 0.5) is 8.78 Å². The van der Waals surface area contributed by atoms with Crippen molar-refractivity contribution in [3.05, 3.63) is 29.3 Å². The molecule has 0 amide bonds. The Bertz CT molecular complexity index is 282. The molecular weight excluding hydrogens is 194 g/mol. The van der Waals surface area contributed by atoms with Crippen molar-refractivity contribution in [2.24, 2.45) is 0 Å². The van der Waals surface area contributed by atoms with E-state index in [1.54, 1.807) is 0 Å². The first-order valence-electron chi connectivity index (χ1n) is 3.90. The fourth-order valence-corrected chi connectivity index (χ4v) is 0.755. The van der Waals surface area contributed by atoms with Crippen molar-refractivity contribution in [3.8, 4) is 0 Å². The lowest BCUT2D eigenvalue weighted by Crippen LogP contribution is -2.19. The molecule has 0 heterocycles. The molecule has 0 aliphatic heterocycles. The molecule has 0 aromatic carbocycles. The van der Waals surface area contributed by atoms with E-state index in [0.29, 0.717) is 0 Å². The summed E-state index contributed by atoms with van der Waals surface area (Å²) in [6.07, 6.45) is 0.202. The molecule has 0 rings (SSSR count). The highest BCUT2D eigenvalue weighted by Crippen LogP contribution is 2.31. The van der Waals surface area contributed by atoms with Crippen LogP contribution in [-0.2, 0) is 4.74 Å². The van der Waals surface area contributed by atoms with Gasteiger partial charge in [-0.1, -0.05) is 6.08 Å². The monoisotopic (exact) mass is 205 g/mol. The van der Waals surface area contributed by atoms with E-state index in [4.69, 9.17) is 10.5 Å². The number of alkyl halides is 2. The second kappa shape index (κ2) is 5.17. The lowest BCUT2D eigenvalue weighted by atomic mass is 10.2. The second-order valence-electron chi connectivity index (χ2n) is 2.38. The maximum absolute atomic E-state index is 13.0. The van der Waals surface area contributed by atoms with E-state index in [1.807, 2.05) is 0 Å². The fourth-order valence-electron chi connectivity index (χ4n) is 0.755. The molecule has 0 aromatic heterocycles. The van der Waals surface area contributed by atoms with Crippen LogP contribution >= 0.6 is 0 Å². The van der Waals surface area contributed by atoms with Crippen molar-refractivity contribution in [1.29, 1.82) is 5.39 Å². The lowest BCUT2D eigenvalue weighted by Gasteiger charge is -2.05. The van der Waals surface area contributed by atoms with E-state index in [1.165, 1.54) is 6.92 Å². The summed E-state index contributed by atoms with van der Waals surface area (Å²) in [5.74, 6) is -4.57. The number of hydrogen-bond donors (Lipinski definition) is 1. The van der Waals surface area contributed by atoms with Gasteiger partial charge in [-0.05, 0) is 6.92 Å². The minimum absolute atomic E-state index is 0.00494. The van der Waals surface area contributed by atoms with Crippen molar-refractivity contribution >= 4 is 0 Å². The summed E-state index contributed by atoms with van der Waals surface area (Å²) in [5, 5.41) is 17.3. The Kier molecular flexibility index (Phi) is 4.56. The first-order valence-corrected chi connectivity index (χ1v) is 3.90. The Hall–Kier alpha value is -1.64. The zero-order chi connectivity index (χ0) is 11.2. The first kappa shape index (κ1) is 12.4. The summed E-state index contributed by atoms with van der Waals surface area (Å²) in [5.41, 5.74) is -1.20. The van der Waals surface area contributed by atoms with Gasteiger partial charge in [0.1, 0.15) is 0 Å². The van der Waals surface area contributed by atoms with Gasteiger partial charge in [-0.15, -0.1) is 6.58 Å². The van der Waals surface area contributed by atoms with E-state index < -0.39 is 24.0 Å². The highest BCUT2D eigenvalue weighted by molar-refractivity contribution is 5.20. The van der Waals surface area contributed by atoms with Crippen LogP contribution < -0.4 is 0 Å². The van der Waals surface area contributed by atoms with E-state index in [-0.39, 0.29) is 6.61 Å². The van der Waals surface area contributed by atoms with Gasteiger partial charge in [0.25, 0.3) is 0 Å². The van der Waals surface area contributed by atoms with Crippen molar-refractivity contribution in [2.45, 2.75) is 19.3 Å². The highest BCUT2D eigenvalue weighted by Gasteiger charge is 2.49. The van der Waals surface area contributed by atoms with Gasteiger partial charge in [0, 0.05) is 6.42 Å². The maximum atomic E-state index is 13.0. The van der Waals surface area contributed by atoms with Gasteiger partial charge in [-0.2, -0.15) is 8.78 Å². The Balaban J connectivity index is 4.97. The predicted octanol–water partition coefficient (Wildman–Crippen LogP) is 2.81. The quantitative estimate of drug-likeness (QED) is 0.426. The molecule has 0 saturated carbocycles. The maximum Gasteiger partial charge on any atom is 0.508 e. The third-order valence-electron chi connectivity index (χ3n) is 1.33. The largest absolute Gasteiger partial charge is 0.508 e. The summed E-state index contributed by atoms with van der Waals surface area (Å²) in [6, 6.07) is 0. The summed E-state index contributed by atoms with van der Waals surface area (Å²) in [7, 11) is 0. The van der Waals surface area contributed by atoms with Gasteiger partial charge in [-0.3, -0.25) is 0 Å². The molecule has 0 aliphatic rings. The third kappa shape index (κ3) is 3.01. The van der Waals surface area contributed by atoms with Crippen LogP contribution in [0.5, 0.6) is 0 Å². The van der Waals surface area contributed by atoms with Crippen LogP contribution in [0.3, 0.4) is 0 Å². The minimum atomic E-state index is -3.49. The normalized spacial score (nSPS) is 12.7. The summed E-state index contributed by atoms with van der Waals surface area (Å²) in [6.45, 7) is 4.61. The molecule has 0 spiro atoms. The number of diazo groups is 1. The van der Waals surface area contributed by atoms with Gasteiger partial charge in [0.05, 0.1) is 6.61 Å². The van der Waals surface area contributed by atoms with Crippen molar-refractivity contribution in [2.75, 3.05) is 6.61 Å². The van der Waals surface area contributed by atoms with Crippen LogP contribution in [0.25, 0.3) is 4.98 Å². The molecule has 4 nitrogen and oxygen atoms in total. The molecule has 0 saturated heterocycles. The van der Waals surface area contributed by atoms with Crippen LogP contribution in [0.1, 0.15) is 13.3 Å². The van der Waals surface area contributed by atoms with E-state index in [2.05, 4.69) is 16.3 Å². The summed E-state index contributed by atoms with van der Waals surface area (Å²) < 4.78 is 30.5. The van der Waals surface area contributed by atoms with Crippen LogP contribution in [0.15, 0.2) is 24.3 Å². The number of allylic oxidation sites excluding steroid dienone is 2. The second-order valence-corrected chi connectivity index (χ2v) is 2.38. The Morgan fingerprint density at radius 3 is 2.64 bits per heavy atom. The molecule has 0 unspecified atom stereocenters. The summed E-state index contributed by atoms with van der Waals surface area (Å²) >= 11 is 0. The van der Waals surface area contributed by atoms with E-state index in [0.717, 1.165) is 6.08 Å². The first-order chi connectivity index (χ1) is 6.49. The molecule has 1 N–H and O–H groups in total. The van der Waals surface area contributed by atoms with Crippen LogP contribution in [0, 0.1) is 5.39 Å². The molecule has 0 fully saturated rings. The number of nitrogens with zero attached hydrogens (tertiary/aromatic N) is 2. The van der Waals surface area contributed by atoms with E-state index >= 15 is 0 Å². The summed E-state index contributed by atoms with van der Waals surface area (Å²) in [4.78, 5) is 2.30. The molecule has 78 valence electrons. The van der Waals surface area contributed by atoms with E-state index in [9.17, 15) is 8.78 Å². The topological polar surface area (TPSA) is 57.6 Å². The molecule has 14 heavy (non-hydrogen) atoms. The molecule has 0 bridgehead atoms. The number of aliphatic hydroxyl groups is 1. The number of halogens is 2. The Morgan fingerprint density at radius 2 is 2.29 bits per heavy atom. The SMILES string of the molecule is C=CCC(F)(F)/C([N+]#N)=C(\O)OCC. The molecular formula is C8H11F2N2O2+. The zero-order valence-electron chi connectivity index (χ0n) is 7.70. The van der Waals surface area contributed by atoms with Crippen LogP contribution in [0.2, 0.25) is 0 Å². The van der Waals surface area contributed by atoms with Gasteiger partial charge in [0.15, 0.2) is 4.98 Å². The van der Waals surface area contributed by atoms with Crippen molar-refractivity contribution < 1.29 is 18.6 Å². The van der Waals surface area contributed by atoms with Crippen molar-refractivity contribution in [3.63, 3.8) is 0 Å². The zero-order valence-corrected chi connectivity index (χ0v) is 7.70. The van der Waals surface area contributed by atoms with Gasteiger partial charge < -0.3 is 9.84 Å². The molecule has 0 radical (unpaired) electrons. The number of hydrogen-bond acceptors (Lipinski definition) is 3. The highest BCUT2D eigenvalue weighted by atomic mass is 19.3. The van der Waals surface area contributed by atoms with Gasteiger partial charge >= 0.3 is 17.6 Å². The number of ether oxygens (including phenoxy) is 1. The van der Waals surface area contributed by atoms with Gasteiger partial charge in [0.2, 0.25) is 5.39 Å². The lowest BCUT2D eigenvalue weighted by molar-refractivity contribution is 0.0230. The Morgan fingerprint density at radius 1 is 1.71 bits per heavy atom. The third-order valence-corrected chi connectivity index (χ3v) is 1.33. The standard InChI is InChI=1S/C8H10F2N2O2/c1-3-5-8(9,10)6(12-11)7(13)14-4-2/h3H,1,4-5H2,2H3/p+1/b7-6-. The average Bonchev–Trinajstić information content (AvgIpc) is 2.04. The van der Waals surface area contributed by atoms with Crippen LogP contribution in [-0.4, -0.2) is 17.6 Å². The average molecular weight is 205 g/mol. The van der Waals surface area contributed by atoms with Crippen molar-refractivity contribution in [1.82, 2.24) is 0 Å². The fraction of sp³-hybridized carbons (Fsp3) is 0.500. The van der Waals surface area contributed by atoms with Gasteiger partial charge in [-0.25, -0.2) is 0 Å².